The molecule has 9 fully saturated rings. The first-order chi connectivity index (χ1) is 10.3. The zero-order valence-corrected chi connectivity index (χ0v) is 12.6. The zero-order valence-electron chi connectivity index (χ0n) is 12.6. The molecule has 0 aromatic carbocycles. The van der Waals surface area contributed by atoms with Gasteiger partial charge in [0.15, 0.2) is 5.79 Å². The lowest BCUT2D eigenvalue weighted by Gasteiger charge is -2.68. The molecule has 3 heterocycles. The van der Waals surface area contributed by atoms with Crippen LogP contribution >= 0.6 is 0 Å². The Hall–Kier alpha value is -0.0800. The van der Waals surface area contributed by atoms with Gasteiger partial charge in [-0.15, -0.1) is 0 Å². The van der Waals surface area contributed by atoms with Crippen LogP contribution in [0.3, 0.4) is 0 Å². The first-order valence-corrected chi connectivity index (χ1v) is 9.68. The standard InChI is InChI=1S/C19H24O2/c1-2-7-18-14-10-9-11-13-12(10)16(18,5-1)17(13)6-3-4-8-20-19(17,21-18)15(11)14/h10-15H,1-9H2/t10?,11?,12?,13?,14?,15?,16-,17+,18-,19+/m0/s1. The van der Waals surface area contributed by atoms with Crippen molar-refractivity contribution in [3.8, 4) is 0 Å². The predicted molar refractivity (Wildman–Crippen MR) is 75.2 cm³/mol. The highest BCUT2D eigenvalue weighted by Crippen LogP contribution is 3.04. The molecule has 3 aliphatic heterocycles. The monoisotopic (exact) mass is 284 g/mol. The number of hydrogen-bond acceptors (Lipinski definition) is 2. The Bertz CT molecular complexity index is 617. The van der Waals surface area contributed by atoms with E-state index in [0.717, 1.165) is 42.1 Å². The van der Waals surface area contributed by atoms with E-state index in [1.807, 2.05) is 0 Å². The van der Waals surface area contributed by atoms with Crippen LogP contribution in [0.15, 0.2) is 0 Å². The summed E-state index contributed by atoms with van der Waals surface area (Å²) in [4.78, 5) is 0. The molecule has 112 valence electrons. The molecule has 6 saturated carbocycles. The highest BCUT2D eigenvalue weighted by molar-refractivity contribution is 5.51. The molecule has 2 nitrogen and oxygen atoms in total. The van der Waals surface area contributed by atoms with Crippen LogP contribution in [-0.4, -0.2) is 18.0 Å². The molecule has 21 heavy (non-hydrogen) atoms. The third-order valence-corrected chi connectivity index (χ3v) is 10.4. The first-order valence-electron chi connectivity index (χ1n) is 9.68. The third-order valence-electron chi connectivity index (χ3n) is 10.4. The summed E-state index contributed by atoms with van der Waals surface area (Å²) in [5.41, 5.74) is 1.37. The Morgan fingerprint density at radius 1 is 0.714 bits per heavy atom. The smallest absolute Gasteiger partial charge is 0.178 e. The van der Waals surface area contributed by atoms with Crippen LogP contribution in [0.5, 0.6) is 0 Å². The second kappa shape index (κ2) is 2.55. The molecule has 9 rings (SSSR count). The number of hydrogen-bond donors (Lipinski definition) is 0. The van der Waals surface area contributed by atoms with Crippen molar-refractivity contribution in [3.05, 3.63) is 0 Å². The van der Waals surface area contributed by atoms with Crippen LogP contribution in [0.1, 0.15) is 51.4 Å². The zero-order chi connectivity index (χ0) is 13.2. The highest BCUT2D eigenvalue weighted by Gasteiger charge is 3.07. The van der Waals surface area contributed by atoms with E-state index in [9.17, 15) is 0 Å². The molecule has 0 aromatic heterocycles. The highest BCUT2D eigenvalue weighted by atomic mass is 16.7. The van der Waals surface area contributed by atoms with Gasteiger partial charge in [-0.25, -0.2) is 0 Å². The van der Waals surface area contributed by atoms with Crippen LogP contribution in [0.4, 0.5) is 0 Å². The van der Waals surface area contributed by atoms with Crippen molar-refractivity contribution in [3.63, 3.8) is 0 Å². The first kappa shape index (κ1) is 10.6. The Balaban J connectivity index is 1.54. The van der Waals surface area contributed by atoms with Crippen molar-refractivity contribution in [1.29, 1.82) is 0 Å². The molecule has 6 unspecified atom stereocenters. The van der Waals surface area contributed by atoms with Crippen LogP contribution in [0.25, 0.3) is 0 Å². The molecule has 0 N–H and O–H groups in total. The number of ether oxygens (including phenoxy) is 2. The van der Waals surface area contributed by atoms with Gasteiger partial charge in [0.25, 0.3) is 0 Å². The third kappa shape index (κ3) is 0.592. The summed E-state index contributed by atoms with van der Waals surface area (Å²) in [5, 5.41) is 0. The fourth-order valence-corrected chi connectivity index (χ4v) is 11.2. The van der Waals surface area contributed by atoms with E-state index in [1.54, 1.807) is 6.42 Å². The topological polar surface area (TPSA) is 18.5 Å². The van der Waals surface area contributed by atoms with Gasteiger partial charge in [0.1, 0.15) is 0 Å². The summed E-state index contributed by atoms with van der Waals surface area (Å²) in [6, 6.07) is 0. The van der Waals surface area contributed by atoms with Gasteiger partial charge in [-0.1, -0.05) is 19.3 Å². The summed E-state index contributed by atoms with van der Waals surface area (Å²) >= 11 is 0. The molecular formula is C19H24O2. The summed E-state index contributed by atoms with van der Waals surface area (Å²) in [6.45, 7) is 0.978. The maximum Gasteiger partial charge on any atom is 0.178 e. The molecule has 2 heteroatoms. The molecule has 0 aromatic rings. The van der Waals surface area contributed by atoms with Crippen molar-refractivity contribution in [2.24, 2.45) is 46.3 Å². The maximum atomic E-state index is 7.19. The number of rotatable bonds is 0. The Labute approximate surface area is 125 Å². The summed E-state index contributed by atoms with van der Waals surface area (Å²) in [6.07, 6.45) is 11.5. The van der Waals surface area contributed by atoms with E-state index in [0.29, 0.717) is 16.4 Å². The van der Waals surface area contributed by atoms with Crippen LogP contribution in [-0.2, 0) is 9.47 Å². The fourth-order valence-electron chi connectivity index (χ4n) is 11.2. The van der Waals surface area contributed by atoms with Gasteiger partial charge in [-0.05, 0) is 61.7 Å². The van der Waals surface area contributed by atoms with Crippen LogP contribution < -0.4 is 0 Å². The summed E-state index contributed by atoms with van der Waals surface area (Å²) < 4.78 is 13.9. The molecule has 4 bridgehead atoms. The van der Waals surface area contributed by atoms with E-state index in [4.69, 9.17) is 9.47 Å². The molecule has 4 spiro atoms. The van der Waals surface area contributed by atoms with Crippen molar-refractivity contribution in [1.82, 2.24) is 0 Å². The second-order valence-corrected chi connectivity index (χ2v) is 9.78. The Kier molecular flexibility index (Phi) is 1.29. The normalized spacial score (nSPS) is 80.0. The minimum Gasteiger partial charge on any atom is -0.349 e. The van der Waals surface area contributed by atoms with E-state index in [-0.39, 0.29) is 5.79 Å². The molecule has 9 aliphatic rings. The van der Waals surface area contributed by atoms with Crippen LogP contribution in [0, 0.1) is 46.3 Å². The average molecular weight is 284 g/mol. The summed E-state index contributed by atoms with van der Waals surface area (Å²) in [7, 11) is 0. The largest absolute Gasteiger partial charge is 0.349 e. The van der Waals surface area contributed by atoms with Gasteiger partial charge < -0.3 is 9.47 Å². The summed E-state index contributed by atoms with van der Waals surface area (Å²) in [5.74, 6) is 5.77. The molecular weight excluding hydrogens is 260 g/mol. The maximum absolute atomic E-state index is 7.19. The molecule has 0 amide bonds. The van der Waals surface area contributed by atoms with Gasteiger partial charge in [0.2, 0.25) is 0 Å². The van der Waals surface area contributed by atoms with Gasteiger partial charge in [0.05, 0.1) is 12.2 Å². The van der Waals surface area contributed by atoms with Gasteiger partial charge in [-0.3, -0.25) is 0 Å². The lowest BCUT2D eigenvalue weighted by molar-refractivity contribution is -0.286. The van der Waals surface area contributed by atoms with Crippen LogP contribution in [0.2, 0.25) is 0 Å². The molecule has 3 saturated heterocycles. The molecule has 6 aliphatic carbocycles. The quantitative estimate of drug-likeness (QED) is 0.679. The average Bonchev–Trinajstić information content (AvgIpc) is 3.11. The van der Waals surface area contributed by atoms with Crippen molar-refractivity contribution >= 4 is 0 Å². The SMILES string of the molecule is C1CC[C@@]23C4C5CC6C4[C@@]24CCCC[C@@]42O[C@]3(OC1)C5C62. The van der Waals surface area contributed by atoms with E-state index in [1.165, 1.54) is 44.9 Å². The van der Waals surface area contributed by atoms with Crippen molar-refractivity contribution < 1.29 is 9.47 Å². The van der Waals surface area contributed by atoms with Gasteiger partial charge in [-0.2, -0.15) is 0 Å². The van der Waals surface area contributed by atoms with Crippen molar-refractivity contribution in [2.45, 2.75) is 62.8 Å². The Morgan fingerprint density at radius 2 is 1.48 bits per heavy atom. The minimum atomic E-state index is -0.0877. The van der Waals surface area contributed by atoms with E-state index < -0.39 is 0 Å². The lowest BCUT2D eigenvalue weighted by atomic mass is 9.33. The Morgan fingerprint density at radius 3 is 2.48 bits per heavy atom. The second-order valence-electron chi connectivity index (χ2n) is 9.78. The van der Waals surface area contributed by atoms with E-state index >= 15 is 0 Å². The van der Waals surface area contributed by atoms with Crippen molar-refractivity contribution in [2.75, 3.05) is 6.61 Å². The lowest BCUT2D eigenvalue weighted by Crippen LogP contribution is -2.70. The predicted octanol–water partition coefficient (Wildman–Crippen LogP) is 3.35. The molecule has 10 atom stereocenters. The van der Waals surface area contributed by atoms with E-state index in [2.05, 4.69) is 0 Å². The van der Waals surface area contributed by atoms with Gasteiger partial charge in [0, 0.05) is 16.7 Å². The molecule has 0 radical (unpaired) electrons. The fraction of sp³-hybridized carbons (Fsp3) is 1.00. The minimum absolute atomic E-state index is 0.0877. The van der Waals surface area contributed by atoms with Gasteiger partial charge >= 0.3 is 0 Å².